The van der Waals surface area contributed by atoms with Crippen LogP contribution in [0.3, 0.4) is 0 Å². The molecule has 1 aromatic carbocycles. The molecule has 0 aromatic heterocycles. The van der Waals surface area contributed by atoms with Gasteiger partial charge in [-0.2, -0.15) is 0 Å². The van der Waals surface area contributed by atoms with E-state index in [1.165, 1.54) is 19.3 Å². The standard InChI is InChI=1S/C19H30N2O3.ClH/c1-14(24-19-9-4-3-8-18(19)22-2)12-21-16-7-5-6-15(16)17-13-23-11-10-20-17;/h3-4,8-9,14-17,20-21H,5-7,10-13H2,1-2H3;1H. The van der Waals surface area contributed by atoms with Gasteiger partial charge in [0.15, 0.2) is 11.5 Å². The average molecular weight is 371 g/mol. The van der Waals surface area contributed by atoms with Crippen molar-refractivity contribution in [3.8, 4) is 11.5 Å². The normalized spacial score (nSPS) is 27.4. The summed E-state index contributed by atoms with van der Waals surface area (Å²) in [7, 11) is 1.67. The molecular formula is C19H31ClN2O3. The zero-order chi connectivity index (χ0) is 16.8. The summed E-state index contributed by atoms with van der Waals surface area (Å²) in [6, 6.07) is 8.85. The first-order chi connectivity index (χ1) is 11.8. The summed E-state index contributed by atoms with van der Waals surface area (Å²) in [5.41, 5.74) is 0. The fraction of sp³-hybridized carbons (Fsp3) is 0.684. The van der Waals surface area contributed by atoms with Crippen molar-refractivity contribution >= 4 is 12.4 Å². The molecule has 5 nitrogen and oxygen atoms in total. The highest BCUT2D eigenvalue weighted by Crippen LogP contribution is 2.30. The number of benzene rings is 1. The van der Waals surface area contributed by atoms with E-state index in [1.54, 1.807) is 7.11 Å². The van der Waals surface area contributed by atoms with Crippen LogP contribution < -0.4 is 20.1 Å². The third-order valence-corrected chi connectivity index (χ3v) is 5.10. The molecule has 0 bridgehead atoms. The number of para-hydroxylation sites is 2. The molecule has 1 aliphatic carbocycles. The molecule has 0 amide bonds. The molecule has 2 fully saturated rings. The number of nitrogens with one attached hydrogen (secondary N) is 2. The summed E-state index contributed by atoms with van der Waals surface area (Å²) in [5, 5.41) is 7.35. The minimum Gasteiger partial charge on any atom is -0.493 e. The summed E-state index contributed by atoms with van der Waals surface area (Å²) in [6.07, 6.45) is 3.91. The van der Waals surface area contributed by atoms with E-state index < -0.39 is 0 Å². The summed E-state index contributed by atoms with van der Waals surface area (Å²) < 4.78 is 17.0. The summed E-state index contributed by atoms with van der Waals surface area (Å²) >= 11 is 0. The zero-order valence-corrected chi connectivity index (χ0v) is 16.0. The lowest BCUT2D eigenvalue weighted by Gasteiger charge is -2.33. The number of ether oxygens (including phenoxy) is 3. The van der Waals surface area contributed by atoms with Crippen LogP contribution in [0.2, 0.25) is 0 Å². The first-order valence-electron chi connectivity index (χ1n) is 9.12. The van der Waals surface area contributed by atoms with Gasteiger partial charge in [0, 0.05) is 25.2 Å². The van der Waals surface area contributed by atoms with E-state index in [-0.39, 0.29) is 18.5 Å². The predicted octanol–water partition coefficient (Wildman–Crippen LogP) is 2.63. The van der Waals surface area contributed by atoms with E-state index in [1.807, 2.05) is 24.3 Å². The van der Waals surface area contributed by atoms with Gasteiger partial charge >= 0.3 is 0 Å². The van der Waals surface area contributed by atoms with Crippen molar-refractivity contribution in [1.82, 2.24) is 10.6 Å². The molecule has 4 unspecified atom stereocenters. The highest BCUT2D eigenvalue weighted by Gasteiger charge is 2.34. The first kappa shape index (κ1) is 20.3. The van der Waals surface area contributed by atoms with Crippen LogP contribution in [-0.2, 0) is 4.74 Å². The van der Waals surface area contributed by atoms with E-state index in [0.29, 0.717) is 18.0 Å². The van der Waals surface area contributed by atoms with Gasteiger partial charge in [0.2, 0.25) is 0 Å². The molecule has 1 aromatic rings. The predicted molar refractivity (Wildman–Crippen MR) is 102 cm³/mol. The third-order valence-electron chi connectivity index (χ3n) is 5.10. The highest BCUT2D eigenvalue weighted by molar-refractivity contribution is 5.85. The monoisotopic (exact) mass is 370 g/mol. The number of halogens is 1. The van der Waals surface area contributed by atoms with Crippen LogP contribution >= 0.6 is 12.4 Å². The number of hydrogen-bond donors (Lipinski definition) is 2. The molecule has 0 radical (unpaired) electrons. The average Bonchev–Trinajstić information content (AvgIpc) is 3.10. The molecule has 3 rings (SSSR count). The second kappa shape index (κ2) is 10.2. The minimum atomic E-state index is 0. The van der Waals surface area contributed by atoms with Gasteiger partial charge in [-0.15, -0.1) is 12.4 Å². The Bertz CT molecular complexity index is 511. The first-order valence-corrected chi connectivity index (χ1v) is 9.12. The van der Waals surface area contributed by atoms with Crippen LogP contribution in [0.15, 0.2) is 24.3 Å². The number of morpholine rings is 1. The Morgan fingerprint density at radius 3 is 2.80 bits per heavy atom. The van der Waals surface area contributed by atoms with Gasteiger partial charge in [0.25, 0.3) is 0 Å². The van der Waals surface area contributed by atoms with Crippen LogP contribution in [0, 0.1) is 5.92 Å². The van der Waals surface area contributed by atoms with Crippen LogP contribution in [0.1, 0.15) is 26.2 Å². The van der Waals surface area contributed by atoms with Crippen LogP contribution in [-0.4, -0.2) is 51.6 Å². The van der Waals surface area contributed by atoms with Crippen molar-refractivity contribution in [2.45, 2.75) is 44.4 Å². The topological polar surface area (TPSA) is 51.8 Å². The van der Waals surface area contributed by atoms with Crippen molar-refractivity contribution in [3.05, 3.63) is 24.3 Å². The SMILES string of the molecule is COc1ccccc1OC(C)CNC1CCCC1C1COCCN1.Cl. The van der Waals surface area contributed by atoms with E-state index >= 15 is 0 Å². The van der Waals surface area contributed by atoms with Crippen molar-refractivity contribution in [1.29, 1.82) is 0 Å². The summed E-state index contributed by atoms with van der Waals surface area (Å²) in [5.74, 6) is 2.25. The smallest absolute Gasteiger partial charge is 0.161 e. The molecule has 142 valence electrons. The third kappa shape index (κ3) is 5.48. The van der Waals surface area contributed by atoms with Crippen molar-refractivity contribution < 1.29 is 14.2 Å². The fourth-order valence-corrected chi connectivity index (χ4v) is 3.88. The maximum atomic E-state index is 6.05. The summed E-state index contributed by atoms with van der Waals surface area (Å²) in [4.78, 5) is 0. The van der Waals surface area contributed by atoms with Gasteiger partial charge in [-0.1, -0.05) is 18.6 Å². The Labute approximate surface area is 157 Å². The number of methoxy groups -OCH3 is 1. The second-order valence-electron chi connectivity index (χ2n) is 6.82. The molecule has 1 saturated heterocycles. The Kier molecular flexibility index (Phi) is 8.30. The van der Waals surface area contributed by atoms with Crippen molar-refractivity contribution in [2.75, 3.05) is 33.4 Å². The largest absolute Gasteiger partial charge is 0.493 e. The maximum absolute atomic E-state index is 6.05. The van der Waals surface area contributed by atoms with Crippen LogP contribution in [0.5, 0.6) is 11.5 Å². The van der Waals surface area contributed by atoms with Crippen LogP contribution in [0.4, 0.5) is 0 Å². The Hall–Kier alpha value is -1.01. The molecule has 1 heterocycles. The fourth-order valence-electron chi connectivity index (χ4n) is 3.88. The van der Waals surface area contributed by atoms with Gasteiger partial charge in [-0.25, -0.2) is 0 Å². The summed E-state index contributed by atoms with van der Waals surface area (Å²) in [6.45, 7) is 5.60. The second-order valence-corrected chi connectivity index (χ2v) is 6.82. The number of hydrogen-bond acceptors (Lipinski definition) is 5. The Morgan fingerprint density at radius 1 is 1.28 bits per heavy atom. The van der Waals surface area contributed by atoms with E-state index in [2.05, 4.69) is 17.6 Å². The quantitative estimate of drug-likeness (QED) is 0.772. The van der Waals surface area contributed by atoms with Crippen molar-refractivity contribution in [3.63, 3.8) is 0 Å². The lowest BCUT2D eigenvalue weighted by Crippen LogP contribution is -2.51. The van der Waals surface area contributed by atoms with Gasteiger partial charge in [-0.05, 0) is 37.8 Å². The van der Waals surface area contributed by atoms with Gasteiger partial charge in [-0.3, -0.25) is 0 Å². The Balaban J connectivity index is 0.00000225. The van der Waals surface area contributed by atoms with Gasteiger partial charge < -0.3 is 24.8 Å². The molecule has 1 aliphatic heterocycles. The van der Waals surface area contributed by atoms with Crippen molar-refractivity contribution in [2.24, 2.45) is 5.92 Å². The highest BCUT2D eigenvalue weighted by atomic mass is 35.5. The van der Waals surface area contributed by atoms with Gasteiger partial charge in [0.05, 0.1) is 20.3 Å². The van der Waals surface area contributed by atoms with E-state index in [4.69, 9.17) is 14.2 Å². The van der Waals surface area contributed by atoms with E-state index in [0.717, 1.165) is 37.8 Å². The lowest BCUT2D eigenvalue weighted by molar-refractivity contribution is 0.0517. The lowest BCUT2D eigenvalue weighted by atomic mass is 9.94. The number of rotatable bonds is 7. The zero-order valence-electron chi connectivity index (χ0n) is 15.2. The maximum Gasteiger partial charge on any atom is 0.161 e. The molecule has 1 saturated carbocycles. The van der Waals surface area contributed by atoms with E-state index in [9.17, 15) is 0 Å². The molecule has 4 atom stereocenters. The molecule has 25 heavy (non-hydrogen) atoms. The molecule has 2 aliphatic rings. The molecule has 0 spiro atoms. The molecule has 6 heteroatoms. The molecular weight excluding hydrogens is 340 g/mol. The minimum absolute atomic E-state index is 0. The Morgan fingerprint density at radius 2 is 2.08 bits per heavy atom. The van der Waals surface area contributed by atoms with Gasteiger partial charge in [0.1, 0.15) is 6.10 Å². The van der Waals surface area contributed by atoms with Crippen LogP contribution in [0.25, 0.3) is 0 Å². The molecule has 2 N–H and O–H groups in total.